The van der Waals surface area contributed by atoms with E-state index in [1.54, 1.807) is 19.1 Å². The molecular weight excluding hydrogens is 170 g/mol. The Morgan fingerprint density at radius 2 is 2.15 bits per heavy atom. The Bertz CT molecular complexity index is 299. The molecule has 0 amide bonds. The summed E-state index contributed by atoms with van der Waals surface area (Å²) in [5, 5.41) is 9.63. The van der Waals surface area contributed by atoms with Gasteiger partial charge >= 0.3 is 0 Å². The average molecular weight is 183 g/mol. The fraction of sp³-hybridized carbons (Fsp3) is 0.333. The van der Waals surface area contributed by atoms with Crippen LogP contribution in [0.4, 0.5) is 0 Å². The highest BCUT2D eigenvalue weighted by Crippen LogP contribution is 2.30. The number of benzene rings is 1. The molecule has 0 aromatic heterocycles. The van der Waals surface area contributed by atoms with Gasteiger partial charge in [-0.05, 0) is 18.6 Å². The standard InChI is InChI=1S/C9H13NO3/c1-6-3-4-8(12-2)7(5-13-10)9(6)11/h3-4,11H,5,10H2,1-2H3. The molecule has 0 unspecified atom stereocenters. The van der Waals surface area contributed by atoms with Gasteiger partial charge in [0.25, 0.3) is 0 Å². The lowest BCUT2D eigenvalue weighted by molar-refractivity contribution is 0.120. The van der Waals surface area contributed by atoms with Crippen molar-refractivity contribution in [1.82, 2.24) is 0 Å². The van der Waals surface area contributed by atoms with Crippen LogP contribution in [0, 0.1) is 6.92 Å². The van der Waals surface area contributed by atoms with Gasteiger partial charge in [0.2, 0.25) is 0 Å². The van der Waals surface area contributed by atoms with E-state index in [1.165, 1.54) is 7.11 Å². The zero-order valence-corrected chi connectivity index (χ0v) is 7.70. The van der Waals surface area contributed by atoms with Gasteiger partial charge in [0.1, 0.15) is 18.1 Å². The molecule has 1 aromatic carbocycles. The van der Waals surface area contributed by atoms with E-state index >= 15 is 0 Å². The first-order chi connectivity index (χ1) is 6.20. The molecule has 0 fully saturated rings. The third-order valence-electron chi connectivity index (χ3n) is 1.89. The number of aromatic hydroxyl groups is 1. The van der Waals surface area contributed by atoms with Crippen LogP contribution in [-0.2, 0) is 11.4 Å². The number of ether oxygens (including phenoxy) is 1. The highest BCUT2D eigenvalue weighted by atomic mass is 16.6. The predicted molar refractivity (Wildman–Crippen MR) is 48.4 cm³/mol. The quantitative estimate of drug-likeness (QED) is 0.689. The van der Waals surface area contributed by atoms with Gasteiger partial charge in [-0.2, -0.15) is 0 Å². The minimum Gasteiger partial charge on any atom is -0.507 e. The number of hydrogen-bond donors (Lipinski definition) is 2. The minimum absolute atomic E-state index is 0.136. The second kappa shape index (κ2) is 4.11. The number of nitrogens with two attached hydrogens (primary N) is 1. The zero-order valence-electron chi connectivity index (χ0n) is 7.70. The Kier molecular flexibility index (Phi) is 3.11. The third-order valence-corrected chi connectivity index (χ3v) is 1.89. The fourth-order valence-corrected chi connectivity index (χ4v) is 1.15. The van der Waals surface area contributed by atoms with Crippen LogP contribution < -0.4 is 10.6 Å². The van der Waals surface area contributed by atoms with Crippen molar-refractivity contribution in [2.24, 2.45) is 5.90 Å². The number of hydrogen-bond acceptors (Lipinski definition) is 4. The molecule has 0 radical (unpaired) electrons. The molecule has 4 heteroatoms. The van der Waals surface area contributed by atoms with Crippen molar-refractivity contribution in [1.29, 1.82) is 0 Å². The molecule has 1 rings (SSSR count). The largest absolute Gasteiger partial charge is 0.507 e. The van der Waals surface area contributed by atoms with Crippen LogP contribution in [0.15, 0.2) is 12.1 Å². The van der Waals surface area contributed by atoms with E-state index in [9.17, 15) is 5.11 Å². The molecule has 72 valence electrons. The maximum absolute atomic E-state index is 9.63. The van der Waals surface area contributed by atoms with Crippen molar-refractivity contribution in [2.75, 3.05) is 7.11 Å². The van der Waals surface area contributed by atoms with Crippen LogP contribution in [-0.4, -0.2) is 12.2 Å². The molecule has 0 spiro atoms. The molecule has 0 aliphatic rings. The van der Waals surface area contributed by atoms with Crippen molar-refractivity contribution in [3.63, 3.8) is 0 Å². The highest BCUT2D eigenvalue weighted by Gasteiger charge is 2.10. The highest BCUT2D eigenvalue weighted by molar-refractivity contribution is 5.48. The van der Waals surface area contributed by atoms with Crippen LogP contribution in [0.5, 0.6) is 11.5 Å². The van der Waals surface area contributed by atoms with Gasteiger partial charge < -0.3 is 9.84 Å². The first-order valence-electron chi connectivity index (χ1n) is 3.87. The summed E-state index contributed by atoms with van der Waals surface area (Å²) in [5.74, 6) is 5.68. The van der Waals surface area contributed by atoms with Crippen molar-refractivity contribution < 1.29 is 14.7 Å². The van der Waals surface area contributed by atoms with Crippen LogP contribution in [0.1, 0.15) is 11.1 Å². The summed E-state index contributed by atoms with van der Waals surface area (Å²) in [6.07, 6.45) is 0. The fourth-order valence-electron chi connectivity index (χ4n) is 1.15. The lowest BCUT2D eigenvalue weighted by Gasteiger charge is -2.10. The zero-order chi connectivity index (χ0) is 9.84. The van der Waals surface area contributed by atoms with Gasteiger partial charge in [0, 0.05) is 0 Å². The molecule has 0 atom stereocenters. The van der Waals surface area contributed by atoms with Gasteiger partial charge in [0.05, 0.1) is 12.7 Å². The number of phenolic OH excluding ortho intramolecular Hbond substituents is 1. The first kappa shape index (κ1) is 9.83. The summed E-state index contributed by atoms with van der Waals surface area (Å²) in [4.78, 5) is 4.47. The summed E-state index contributed by atoms with van der Waals surface area (Å²) in [7, 11) is 1.53. The van der Waals surface area contributed by atoms with Gasteiger partial charge in [-0.25, -0.2) is 5.90 Å². The van der Waals surface area contributed by atoms with Crippen molar-refractivity contribution in [3.8, 4) is 11.5 Å². The molecule has 0 heterocycles. The first-order valence-corrected chi connectivity index (χ1v) is 3.87. The Hall–Kier alpha value is -1.26. The van der Waals surface area contributed by atoms with E-state index in [2.05, 4.69) is 4.84 Å². The van der Waals surface area contributed by atoms with Crippen LogP contribution in [0.3, 0.4) is 0 Å². The lowest BCUT2D eigenvalue weighted by atomic mass is 10.1. The number of phenols is 1. The van der Waals surface area contributed by atoms with Gasteiger partial charge in [-0.1, -0.05) is 6.07 Å². The molecule has 3 N–H and O–H groups in total. The second-order valence-corrected chi connectivity index (χ2v) is 2.72. The minimum atomic E-state index is 0.136. The molecular formula is C9H13NO3. The van der Waals surface area contributed by atoms with Gasteiger partial charge in [-0.3, -0.25) is 4.84 Å². The van der Waals surface area contributed by atoms with E-state index in [1.807, 2.05) is 0 Å². The summed E-state index contributed by atoms with van der Waals surface area (Å²) in [6.45, 7) is 1.94. The van der Waals surface area contributed by atoms with Crippen molar-refractivity contribution in [2.45, 2.75) is 13.5 Å². The molecule has 0 saturated heterocycles. The topological polar surface area (TPSA) is 64.7 Å². The van der Waals surface area contributed by atoms with Crippen LogP contribution >= 0.6 is 0 Å². The summed E-state index contributed by atoms with van der Waals surface area (Å²) < 4.78 is 5.04. The maximum atomic E-state index is 9.63. The van der Waals surface area contributed by atoms with Crippen molar-refractivity contribution >= 4 is 0 Å². The Morgan fingerprint density at radius 1 is 1.46 bits per heavy atom. The van der Waals surface area contributed by atoms with E-state index < -0.39 is 0 Å². The summed E-state index contributed by atoms with van der Waals surface area (Å²) in [6, 6.07) is 3.54. The molecule has 0 bridgehead atoms. The molecule has 0 aliphatic heterocycles. The van der Waals surface area contributed by atoms with Crippen molar-refractivity contribution in [3.05, 3.63) is 23.3 Å². The molecule has 1 aromatic rings. The van der Waals surface area contributed by atoms with E-state index in [4.69, 9.17) is 10.6 Å². The van der Waals surface area contributed by atoms with E-state index in [0.29, 0.717) is 11.3 Å². The Labute approximate surface area is 76.8 Å². The predicted octanol–water partition coefficient (Wildman–Crippen LogP) is 1.10. The maximum Gasteiger partial charge on any atom is 0.128 e. The second-order valence-electron chi connectivity index (χ2n) is 2.72. The molecule has 0 aliphatic carbocycles. The summed E-state index contributed by atoms with van der Waals surface area (Å²) >= 11 is 0. The molecule has 13 heavy (non-hydrogen) atoms. The lowest BCUT2D eigenvalue weighted by Crippen LogP contribution is -2.02. The Balaban J connectivity index is 3.15. The summed E-state index contributed by atoms with van der Waals surface area (Å²) in [5.41, 5.74) is 1.35. The van der Waals surface area contributed by atoms with Crippen LogP contribution in [0.25, 0.3) is 0 Å². The SMILES string of the molecule is COc1ccc(C)c(O)c1CON. The number of methoxy groups -OCH3 is 1. The van der Waals surface area contributed by atoms with E-state index in [-0.39, 0.29) is 12.4 Å². The Morgan fingerprint density at radius 3 is 2.69 bits per heavy atom. The molecule has 0 saturated carbocycles. The third kappa shape index (κ3) is 1.91. The smallest absolute Gasteiger partial charge is 0.128 e. The van der Waals surface area contributed by atoms with Gasteiger partial charge in [-0.15, -0.1) is 0 Å². The van der Waals surface area contributed by atoms with E-state index in [0.717, 1.165) is 5.56 Å². The molecule has 4 nitrogen and oxygen atoms in total. The average Bonchev–Trinajstić information content (AvgIpc) is 2.14. The van der Waals surface area contributed by atoms with Gasteiger partial charge in [0.15, 0.2) is 0 Å². The number of rotatable bonds is 3. The van der Waals surface area contributed by atoms with Crippen LogP contribution in [0.2, 0.25) is 0 Å². The monoisotopic (exact) mass is 183 g/mol. The number of aryl methyl sites for hydroxylation is 1. The normalized spacial score (nSPS) is 10.1.